The molecule has 0 radical (unpaired) electrons. The summed E-state index contributed by atoms with van der Waals surface area (Å²) in [6.45, 7) is 1.97. The standard InChI is InChI=1S/C15H21N3O/c1-9-8-16-18-13(9)17-14(19)15-5-10-2-11(6-15)4-12(3-10)7-15/h8,10-12H,2-7H2,1H3,(H2,16,17,18,19). The van der Waals surface area contributed by atoms with E-state index in [2.05, 4.69) is 15.5 Å². The van der Waals surface area contributed by atoms with E-state index in [-0.39, 0.29) is 11.3 Å². The highest BCUT2D eigenvalue weighted by Gasteiger charge is 2.54. The number of nitrogens with one attached hydrogen (secondary N) is 2. The molecule has 2 N–H and O–H groups in total. The number of hydrogen-bond acceptors (Lipinski definition) is 2. The molecule has 0 aliphatic heterocycles. The third kappa shape index (κ3) is 1.72. The summed E-state index contributed by atoms with van der Waals surface area (Å²) in [4.78, 5) is 12.8. The fraction of sp³-hybridized carbons (Fsp3) is 0.733. The van der Waals surface area contributed by atoms with Crippen LogP contribution in [-0.4, -0.2) is 16.1 Å². The van der Waals surface area contributed by atoms with Crippen LogP contribution >= 0.6 is 0 Å². The van der Waals surface area contributed by atoms with Gasteiger partial charge in [-0.25, -0.2) is 0 Å². The van der Waals surface area contributed by atoms with E-state index in [1.54, 1.807) is 6.20 Å². The van der Waals surface area contributed by atoms with Crippen molar-refractivity contribution in [2.45, 2.75) is 45.4 Å². The third-order valence-electron chi connectivity index (χ3n) is 5.59. The Labute approximate surface area is 113 Å². The average molecular weight is 259 g/mol. The Morgan fingerprint density at radius 1 is 1.26 bits per heavy atom. The van der Waals surface area contributed by atoms with E-state index in [9.17, 15) is 4.79 Å². The number of aromatic amines is 1. The number of aromatic nitrogens is 2. The topological polar surface area (TPSA) is 57.8 Å². The summed E-state index contributed by atoms with van der Waals surface area (Å²) in [6, 6.07) is 0. The minimum Gasteiger partial charge on any atom is -0.310 e. The largest absolute Gasteiger partial charge is 0.310 e. The van der Waals surface area contributed by atoms with Gasteiger partial charge in [-0.1, -0.05) is 0 Å². The van der Waals surface area contributed by atoms with Crippen molar-refractivity contribution in [3.63, 3.8) is 0 Å². The van der Waals surface area contributed by atoms with Crippen LogP contribution in [0.15, 0.2) is 6.20 Å². The van der Waals surface area contributed by atoms with Gasteiger partial charge in [-0.3, -0.25) is 9.89 Å². The number of H-pyrrole nitrogens is 1. The lowest BCUT2D eigenvalue weighted by Gasteiger charge is -2.55. The number of nitrogens with zero attached hydrogens (tertiary/aromatic N) is 1. The van der Waals surface area contributed by atoms with Crippen LogP contribution < -0.4 is 5.32 Å². The van der Waals surface area contributed by atoms with Crippen LogP contribution in [0.25, 0.3) is 0 Å². The molecule has 19 heavy (non-hydrogen) atoms. The maximum Gasteiger partial charge on any atom is 0.231 e. The van der Waals surface area contributed by atoms with E-state index in [1.807, 2.05) is 6.92 Å². The van der Waals surface area contributed by atoms with Crippen LogP contribution in [0.5, 0.6) is 0 Å². The number of carbonyl (C=O) groups is 1. The van der Waals surface area contributed by atoms with E-state index in [0.29, 0.717) is 0 Å². The highest BCUT2D eigenvalue weighted by atomic mass is 16.2. The van der Waals surface area contributed by atoms with Crippen molar-refractivity contribution in [1.29, 1.82) is 0 Å². The Morgan fingerprint density at radius 3 is 2.32 bits per heavy atom. The van der Waals surface area contributed by atoms with Gasteiger partial charge in [0.25, 0.3) is 0 Å². The van der Waals surface area contributed by atoms with E-state index in [4.69, 9.17) is 0 Å². The Balaban J connectivity index is 1.58. The molecule has 0 saturated heterocycles. The van der Waals surface area contributed by atoms with Crippen LogP contribution in [0, 0.1) is 30.1 Å². The molecule has 4 aliphatic rings. The molecule has 4 aliphatic carbocycles. The second-order valence-corrected chi connectivity index (χ2v) is 7.08. The zero-order chi connectivity index (χ0) is 13.0. The molecule has 0 spiro atoms. The van der Waals surface area contributed by atoms with Gasteiger partial charge < -0.3 is 5.32 Å². The predicted molar refractivity (Wildman–Crippen MR) is 72.6 cm³/mol. The Morgan fingerprint density at radius 2 is 1.84 bits per heavy atom. The number of carbonyl (C=O) groups excluding carboxylic acids is 1. The van der Waals surface area contributed by atoms with Crippen molar-refractivity contribution in [3.8, 4) is 0 Å². The number of hydrogen-bond donors (Lipinski definition) is 2. The van der Waals surface area contributed by atoms with Crippen molar-refractivity contribution in [2.75, 3.05) is 5.32 Å². The average Bonchev–Trinajstić information content (AvgIpc) is 2.73. The number of anilines is 1. The van der Waals surface area contributed by atoms with Crippen molar-refractivity contribution < 1.29 is 4.79 Å². The molecule has 4 saturated carbocycles. The van der Waals surface area contributed by atoms with Gasteiger partial charge in [0.05, 0.1) is 11.6 Å². The molecule has 102 valence electrons. The number of amides is 1. The van der Waals surface area contributed by atoms with Crippen LogP contribution in [-0.2, 0) is 4.79 Å². The summed E-state index contributed by atoms with van der Waals surface area (Å²) in [5.41, 5.74) is 0.935. The Kier molecular flexibility index (Phi) is 2.32. The zero-order valence-electron chi connectivity index (χ0n) is 11.4. The lowest BCUT2D eigenvalue weighted by Crippen LogP contribution is -2.51. The van der Waals surface area contributed by atoms with Crippen molar-refractivity contribution >= 4 is 11.7 Å². The molecule has 4 heteroatoms. The minimum absolute atomic E-state index is 0.0771. The summed E-state index contributed by atoms with van der Waals surface area (Å²) < 4.78 is 0. The van der Waals surface area contributed by atoms with Crippen molar-refractivity contribution in [1.82, 2.24) is 10.2 Å². The number of rotatable bonds is 2. The minimum atomic E-state index is -0.0771. The van der Waals surface area contributed by atoms with Gasteiger partial charge in [-0.2, -0.15) is 5.10 Å². The SMILES string of the molecule is Cc1cn[nH]c1NC(=O)C12CC3CC(CC(C3)C1)C2. The Hall–Kier alpha value is -1.32. The highest BCUT2D eigenvalue weighted by molar-refractivity contribution is 5.95. The summed E-state index contributed by atoms with van der Waals surface area (Å²) in [7, 11) is 0. The van der Waals surface area contributed by atoms with Gasteiger partial charge in [0.2, 0.25) is 5.91 Å². The molecule has 4 fully saturated rings. The Bertz CT molecular complexity index is 484. The molecule has 4 nitrogen and oxygen atoms in total. The molecule has 1 amide bonds. The summed E-state index contributed by atoms with van der Waals surface area (Å²) in [5.74, 6) is 3.43. The van der Waals surface area contributed by atoms with Crippen LogP contribution in [0.1, 0.15) is 44.1 Å². The molecular formula is C15H21N3O. The molecule has 0 aromatic carbocycles. The van der Waals surface area contributed by atoms with Gasteiger partial charge in [-0.15, -0.1) is 0 Å². The molecule has 0 unspecified atom stereocenters. The second-order valence-electron chi connectivity index (χ2n) is 7.08. The van der Waals surface area contributed by atoms with Gasteiger partial charge in [-0.05, 0) is 63.2 Å². The maximum absolute atomic E-state index is 12.8. The predicted octanol–water partition coefficient (Wildman–Crippen LogP) is 2.87. The van der Waals surface area contributed by atoms with E-state index in [0.717, 1.165) is 48.4 Å². The molecule has 0 atom stereocenters. The van der Waals surface area contributed by atoms with E-state index >= 15 is 0 Å². The van der Waals surface area contributed by atoms with E-state index in [1.165, 1.54) is 19.3 Å². The first-order valence-electron chi connectivity index (χ1n) is 7.46. The van der Waals surface area contributed by atoms with Gasteiger partial charge in [0.1, 0.15) is 5.82 Å². The van der Waals surface area contributed by atoms with Crippen molar-refractivity contribution in [2.24, 2.45) is 23.2 Å². The lowest BCUT2D eigenvalue weighted by molar-refractivity contribution is -0.140. The van der Waals surface area contributed by atoms with Gasteiger partial charge in [0, 0.05) is 5.56 Å². The normalized spacial score (nSPS) is 39.5. The fourth-order valence-corrected chi connectivity index (χ4v) is 5.11. The molecule has 1 aromatic rings. The summed E-state index contributed by atoms with van der Waals surface area (Å²) >= 11 is 0. The quantitative estimate of drug-likeness (QED) is 0.858. The fourth-order valence-electron chi connectivity index (χ4n) is 5.11. The monoisotopic (exact) mass is 259 g/mol. The van der Waals surface area contributed by atoms with Crippen LogP contribution in [0.2, 0.25) is 0 Å². The smallest absolute Gasteiger partial charge is 0.231 e. The van der Waals surface area contributed by atoms with Crippen LogP contribution in [0.3, 0.4) is 0 Å². The molecule has 1 heterocycles. The van der Waals surface area contributed by atoms with Crippen molar-refractivity contribution in [3.05, 3.63) is 11.8 Å². The lowest BCUT2D eigenvalue weighted by atomic mass is 9.49. The summed E-state index contributed by atoms with van der Waals surface area (Å²) in [5, 5.41) is 9.96. The first-order chi connectivity index (χ1) is 9.14. The van der Waals surface area contributed by atoms with E-state index < -0.39 is 0 Å². The first-order valence-corrected chi connectivity index (χ1v) is 7.46. The molecular weight excluding hydrogens is 238 g/mol. The first kappa shape index (κ1) is 11.5. The summed E-state index contributed by atoms with van der Waals surface area (Å²) in [6.07, 6.45) is 9.20. The molecule has 4 bridgehead atoms. The maximum atomic E-state index is 12.8. The molecule has 1 aromatic heterocycles. The third-order valence-corrected chi connectivity index (χ3v) is 5.59. The van der Waals surface area contributed by atoms with Gasteiger partial charge in [0.15, 0.2) is 0 Å². The number of aryl methyl sites for hydroxylation is 1. The zero-order valence-corrected chi connectivity index (χ0v) is 11.4. The second kappa shape index (κ2) is 3.84. The molecule has 5 rings (SSSR count). The highest BCUT2D eigenvalue weighted by Crippen LogP contribution is 2.60. The van der Waals surface area contributed by atoms with Gasteiger partial charge >= 0.3 is 0 Å². The van der Waals surface area contributed by atoms with Crippen LogP contribution in [0.4, 0.5) is 5.82 Å².